The molecule has 0 radical (unpaired) electrons. The Balaban J connectivity index is 1.95. The molecule has 90 valence electrons. The molecule has 0 saturated heterocycles. The summed E-state index contributed by atoms with van der Waals surface area (Å²) in [7, 11) is 0. The van der Waals surface area contributed by atoms with E-state index in [1.165, 1.54) is 24.8 Å². The first-order valence-corrected chi connectivity index (χ1v) is 6.97. The highest BCUT2D eigenvalue weighted by atomic mass is 14.6. The highest BCUT2D eigenvalue weighted by molar-refractivity contribution is 5.54. The summed E-state index contributed by atoms with van der Waals surface area (Å²) in [5, 5.41) is 0. The molecule has 0 N–H and O–H groups in total. The average Bonchev–Trinajstić information content (AvgIpc) is 3.15. The summed E-state index contributed by atoms with van der Waals surface area (Å²) in [5.41, 5.74) is 6.57. The van der Waals surface area contributed by atoms with Crippen LogP contribution in [0.15, 0.2) is 48.5 Å². The molecule has 2 aliphatic rings. The van der Waals surface area contributed by atoms with Crippen molar-refractivity contribution in [3.8, 4) is 0 Å². The minimum absolute atomic E-state index is 0.361. The molecule has 1 saturated carbocycles. The lowest BCUT2D eigenvalue weighted by molar-refractivity contribution is 0.594. The average molecular weight is 234 g/mol. The number of fused-ring (bicyclic) bond motifs is 3. The zero-order chi connectivity index (χ0) is 12.2. The Hall–Kier alpha value is -1.56. The van der Waals surface area contributed by atoms with E-state index in [1.807, 2.05) is 0 Å². The monoisotopic (exact) mass is 234 g/mol. The lowest BCUT2D eigenvalue weighted by Crippen LogP contribution is -2.20. The molecule has 18 heavy (non-hydrogen) atoms. The third kappa shape index (κ3) is 1.21. The second-order valence-corrected chi connectivity index (χ2v) is 5.88. The van der Waals surface area contributed by atoms with Crippen LogP contribution in [0.3, 0.4) is 0 Å². The summed E-state index contributed by atoms with van der Waals surface area (Å²) < 4.78 is 0. The van der Waals surface area contributed by atoms with Crippen molar-refractivity contribution in [3.63, 3.8) is 0 Å². The molecular weight excluding hydrogens is 216 g/mol. The van der Waals surface area contributed by atoms with Crippen molar-refractivity contribution in [1.82, 2.24) is 0 Å². The molecule has 2 aromatic carbocycles. The summed E-state index contributed by atoms with van der Waals surface area (Å²) in [6.07, 6.45) is 3.99. The molecule has 2 atom stereocenters. The first kappa shape index (κ1) is 10.4. The van der Waals surface area contributed by atoms with E-state index in [0.717, 1.165) is 5.92 Å². The van der Waals surface area contributed by atoms with Crippen LogP contribution >= 0.6 is 0 Å². The van der Waals surface area contributed by atoms with E-state index in [2.05, 4.69) is 55.5 Å². The highest BCUT2D eigenvalue weighted by Gasteiger charge is 2.58. The van der Waals surface area contributed by atoms with E-state index in [0.29, 0.717) is 5.41 Å². The molecule has 0 amide bonds. The minimum atomic E-state index is 0.361. The van der Waals surface area contributed by atoms with E-state index in [-0.39, 0.29) is 0 Å². The van der Waals surface area contributed by atoms with Gasteiger partial charge >= 0.3 is 0 Å². The third-order valence-corrected chi connectivity index (χ3v) is 4.99. The Morgan fingerprint density at radius 1 is 0.944 bits per heavy atom. The first-order chi connectivity index (χ1) is 8.82. The van der Waals surface area contributed by atoms with Gasteiger partial charge in [0, 0.05) is 5.41 Å². The van der Waals surface area contributed by atoms with Crippen molar-refractivity contribution in [3.05, 3.63) is 70.8 Å². The molecule has 2 unspecified atom stereocenters. The van der Waals surface area contributed by atoms with Crippen LogP contribution in [0.1, 0.15) is 35.1 Å². The Bertz CT molecular complexity index is 611. The first-order valence-electron chi connectivity index (χ1n) is 6.97. The maximum absolute atomic E-state index is 2.36. The Kier molecular flexibility index (Phi) is 2.00. The second-order valence-electron chi connectivity index (χ2n) is 5.88. The fourth-order valence-corrected chi connectivity index (χ4v) is 4.06. The number of hydrogen-bond acceptors (Lipinski definition) is 0. The van der Waals surface area contributed by atoms with Gasteiger partial charge in [-0.1, -0.05) is 48.5 Å². The van der Waals surface area contributed by atoms with Crippen molar-refractivity contribution in [1.29, 1.82) is 0 Å². The molecule has 0 spiro atoms. The zero-order valence-corrected chi connectivity index (χ0v) is 10.8. The molecule has 0 heteroatoms. The predicted octanol–water partition coefficient (Wildman–Crippen LogP) is 4.25. The van der Waals surface area contributed by atoms with Crippen molar-refractivity contribution in [2.24, 2.45) is 5.92 Å². The molecule has 2 aliphatic carbocycles. The molecule has 1 fully saturated rings. The SMILES string of the molecule is Cc1ccccc1C12CC1CCc1ccccc12. The fourth-order valence-electron chi connectivity index (χ4n) is 4.06. The van der Waals surface area contributed by atoms with Gasteiger partial charge in [-0.25, -0.2) is 0 Å². The van der Waals surface area contributed by atoms with E-state index in [1.54, 1.807) is 16.7 Å². The van der Waals surface area contributed by atoms with Crippen LogP contribution in [0.2, 0.25) is 0 Å². The van der Waals surface area contributed by atoms with Gasteiger partial charge in [-0.05, 0) is 54.4 Å². The zero-order valence-electron chi connectivity index (χ0n) is 10.8. The van der Waals surface area contributed by atoms with Gasteiger partial charge in [0.2, 0.25) is 0 Å². The molecule has 0 aliphatic heterocycles. The van der Waals surface area contributed by atoms with E-state index < -0.39 is 0 Å². The van der Waals surface area contributed by atoms with Gasteiger partial charge < -0.3 is 0 Å². The number of hydrogen-bond donors (Lipinski definition) is 0. The largest absolute Gasteiger partial charge is 0.0620 e. The summed E-state index contributed by atoms with van der Waals surface area (Å²) in [6, 6.07) is 18.0. The quantitative estimate of drug-likeness (QED) is 0.692. The summed E-state index contributed by atoms with van der Waals surface area (Å²) in [5.74, 6) is 0.883. The molecule has 0 nitrogen and oxygen atoms in total. The highest BCUT2D eigenvalue weighted by Crippen LogP contribution is 2.64. The van der Waals surface area contributed by atoms with Gasteiger partial charge in [0.1, 0.15) is 0 Å². The predicted molar refractivity (Wildman–Crippen MR) is 74.8 cm³/mol. The fraction of sp³-hybridized carbons (Fsp3) is 0.333. The third-order valence-electron chi connectivity index (χ3n) is 4.99. The normalized spacial score (nSPS) is 28.4. The number of benzene rings is 2. The van der Waals surface area contributed by atoms with Crippen LogP contribution in [-0.4, -0.2) is 0 Å². The molecule has 2 aromatic rings. The maximum Gasteiger partial charge on any atom is 0.0240 e. The van der Waals surface area contributed by atoms with Crippen LogP contribution in [0.5, 0.6) is 0 Å². The Labute approximate surface area is 109 Å². The maximum atomic E-state index is 2.36. The topological polar surface area (TPSA) is 0 Å². The molecule has 0 heterocycles. The van der Waals surface area contributed by atoms with E-state index in [9.17, 15) is 0 Å². The lowest BCUT2D eigenvalue weighted by Gasteiger charge is -2.27. The lowest BCUT2D eigenvalue weighted by atomic mass is 9.76. The van der Waals surface area contributed by atoms with E-state index >= 15 is 0 Å². The molecule has 0 aromatic heterocycles. The van der Waals surface area contributed by atoms with Gasteiger partial charge in [0.25, 0.3) is 0 Å². The van der Waals surface area contributed by atoms with E-state index in [4.69, 9.17) is 0 Å². The van der Waals surface area contributed by atoms with Crippen LogP contribution in [-0.2, 0) is 11.8 Å². The summed E-state index contributed by atoms with van der Waals surface area (Å²) >= 11 is 0. The standard InChI is InChI=1S/C18H18/c1-13-6-2-4-8-16(13)18-12-15(18)11-10-14-7-3-5-9-17(14)18/h2-9,15H,10-12H2,1H3. The smallest absolute Gasteiger partial charge is 0.0240 e. The molecular formula is C18H18. The van der Waals surface area contributed by atoms with Crippen LogP contribution < -0.4 is 0 Å². The van der Waals surface area contributed by atoms with Gasteiger partial charge in [-0.3, -0.25) is 0 Å². The van der Waals surface area contributed by atoms with Crippen LogP contribution in [0, 0.1) is 12.8 Å². The number of aryl methyl sites for hydroxylation is 2. The summed E-state index contributed by atoms with van der Waals surface area (Å²) in [4.78, 5) is 0. The van der Waals surface area contributed by atoms with Crippen molar-refractivity contribution in [2.75, 3.05) is 0 Å². The Morgan fingerprint density at radius 3 is 2.50 bits per heavy atom. The second kappa shape index (κ2) is 3.47. The van der Waals surface area contributed by atoms with Gasteiger partial charge in [0.15, 0.2) is 0 Å². The van der Waals surface area contributed by atoms with Crippen LogP contribution in [0.4, 0.5) is 0 Å². The molecule has 0 bridgehead atoms. The van der Waals surface area contributed by atoms with Gasteiger partial charge in [-0.2, -0.15) is 0 Å². The van der Waals surface area contributed by atoms with Crippen molar-refractivity contribution < 1.29 is 0 Å². The van der Waals surface area contributed by atoms with Gasteiger partial charge in [-0.15, -0.1) is 0 Å². The minimum Gasteiger partial charge on any atom is -0.0620 e. The van der Waals surface area contributed by atoms with Crippen molar-refractivity contribution >= 4 is 0 Å². The van der Waals surface area contributed by atoms with Crippen molar-refractivity contribution in [2.45, 2.75) is 31.6 Å². The van der Waals surface area contributed by atoms with Crippen LogP contribution in [0.25, 0.3) is 0 Å². The molecule has 4 rings (SSSR count). The summed E-state index contributed by atoms with van der Waals surface area (Å²) in [6.45, 7) is 2.26. The van der Waals surface area contributed by atoms with Gasteiger partial charge in [0.05, 0.1) is 0 Å². The number of rotatable bonds is 1. The Morgan fingerprint density at radius 2 is 1.67 bits per heavy atom.